The fourth-order valence-electron chi connectivity index (χ4n) is 2.38. The minimum atomic E-state index is -0.0833. The van der Waals surface area contributed by atoms with Gasteiger partial charge in [0.2, 0.25) is 0 Å². The monoisotopic (exact) mass is 262 g/mol. The van der Waals surface area contributed by atoms with Crippen molar-refractivity contribution in [1.82, 2.24) is 15.2 Å². The maximum atomic E-state index is 12.2. The summed E-state index contributed by atoms with van der Waals surface area (Å²) in [6, 6.07) is 5.71. The Morgan fingerprint density at radius 2 is 2.37 bits per heavy atom. The number of likely N-dealkylation sites (tertiary alicyclic amines) is 1. The summed E-state index contributed by atoms with van der Waals surface area (Å²) in [7, 11) is 2.09. The molecule has 1 atom stereocenters. The highest BCUT2D eigenvalue weighted by Crippen LogP contribution is 2.09. The van der Waals surface area contributed by atoms with Crippen LogP contribution in [0.3, 0.4) is 0 Å². The normalized spacial score (nSPS) is 20.0. The molecule has 1 saturated heterocycles. The lowest BCUT2D eigenvalue weighted by molar-refractivity contribution is 0.0907. The number of amides is 1. The van der Waals surface area contributed by atoms with E-state index in [0.717, 1.165) is 38.3 Å². The third-order valence-corrected chi connectivity index (χ3v) is 3.30. The summed E-state index contributed by atoms with van der Waals surface area (Å²) in [4.78, 5) is 18.7. The molecule has 0 aromatic carbocycles. The minimum absolute atomic E-state index is 0.0833. The molecule has 19 heavy (non-hydrogen) atoms. The molecule has 0 bridgehead atoms. The zero-order chi connectivity index (χ0) is 13.7. The molecule has 0 aliphatic carbocycles. The summed E-state index contributed by atoms with van der Waals surface area (Å²) in [5, 5.41) is 6.18. The van der Waals surface area contributed by atoms with Gasteiger partial charge in [-0.1, -0.05) is 6.07 Å². The predicted octanol–water partition coefficient (Wildman–Crippen LogP) is 1.34. The minimum Gasteiger partial charge on any atom is -0.370 e. The van der Waals surface area contributed by atoms with Crippen LogP contribution < -0.4 is 10.6 Å². The Hall–Kier alpha value is -1.62. The number of hydrogen-bond donors (Lipinski definition) is 2. The quantitative estimate of drug-likeness (QED) is 0.859. The zero-order valence-corrected chi connectivity index (χ0v) is 11.6. The summed E-state index contributed by atoms with van der Waals surface area (Å²) >= 11 is 0. The number of anilines is 1. The van der Waals surface area contributed by atoms with E-state index < -0.39 is 0 Å². The van der Waals surface area contributed by atoms with Crippen molar-refractivity contribution in [2.45, 2.75) is 25.8 Å². The molecule has 1 aromatic heterocycles. The van der Waals surface area contributed by atoms with Crippen LogP contribution in [0, 0.1) is 0 Å². The van der Waals surface area contributed by atoms with Crippen molar-refractivity contribution in [3.05, 3.63) is 23.9 Å². The van der Waals surface area contributed by atoms with E-state index in [1.165, 1.54) is 0 Å². The number of carbonyl (C=O) groups excluding carboxylic acids is 1. The van der Waals surface area contributed by atoms with Crippen molar-refractivity contribution in [3.63, 3.8) is 0 Å². The number of rotatable bonds is 4. The highest BCUT2D eigenvalue weighted by atomic mass is 16.1. The number of aromatic nitrogens is 1. The topological polar surface area (TPSA) is 57.3 Å². The molecule has 1 aliphatic heterocycles. The van der Waals surface area contributed by atoms with Crippen LogP contribution in [0.5, 0.6) is 0 Å². The molecule has 0 radical (unpaired) electrons. The van der Waals surface area contributed by atoms with Crippen LogP contribution in [0.25, 0.3) is 0 Å². The molecule has 1 aromatic rings. The Morgan fingerprint density at radius 3 is 3.11 bits per heavy atom. The van der Waals surface area contributed by atoms with Gasteiger partial charge in [-0.2, -0.15) is 0 Å². The maximum absolute atomic E-state index is 12.2. The molecule has 1 amide bonds. The van der Waals surface area contributed by atoms with Gasteiger partial charge in [0.15, 0.2) is 0 Å². The number of likely N-dealkylation sites (N-methyl/N-ethyl adjacent to an activating group) is 1. The van der Waals surface area contributed by atoms with Crippen LogP contribution in [-0.2, 0) is 0 Å². The lowest BCUT2D eigenvalue weighted by Crippen LogP contribution is -2.46. The van der Waals surface area contributed by atoms with Gasteiger partial charge >= 0.3 is 0 Å². The number of piperidine rings is 1. The molecule has 2 heterocycles. The van der Waals surface area contributed by atoms with Gasteiger partial charge in [-0.3, -0.25) is 4.79 Å². The molecule has 1 aliphatic rings. The van der Waals surface area contributed by atoms with E-state index in [4.69, 9.17) is 0 Å². The van der Waals surface area contributed by atoms with Crippen molar-refractivity contribution in [2.24, 2.45) is 0 Å². The average Bonchev–Trinajstić information content (AvgIpc) is 2.39. The fourth-order valence-corrected chi connectivity index (χ4v) is 2.38. The lowest BCUT2D eigenvalue weighted by atomic mass is 10.1. The third kappa shape index (κ3) is 3.92. The van der Waals surface area contributed by atoms with Crippen LogP contribution in [0.4, 0.5) is 5.82 Å². The molecule has 0 spiro atoms. The van der Waals surface area contributed by atoms with Gasteiger partial charge in [0, 0.05) is 19.1 Å². The first-order valence-corrected chi connectivity index (χ1v) is 6.89. The Bertz CT molecular complexity index is 435. The first-order valence-electron chi connectivity index (χ1n) is 6.89. The average molecular weight is 262 g/mol. The molecule has 2 rings (SSSR count). The molecule has 1 fully saturated rings. The van der Waals surface area contributed by atoms with Gasteiger partial charge < -0.3 is 15.5 Å². The van der Waals surface area contributed by atoms with Gasteiger partial charge in [0.1, 0.15) is 11.5 Å². The Morgan fingerprint density at radius 1 is 1.53 bits per heavy atom. The van der Waals surface area contributed by atoms with Crippen molar-refractivity contribution in [1.29, 1.82) is 0 Å². The van der Waals surface area contributed by atoms with Crippen molar-refractivity contribution < 1.29 is 4.79 Å². The van der Waals surface area contributed by atoms with Crippen LogP contribution >= 0.6 is 0 Å². The number of hydrogen-bond acceptors (Lipinski definition) is 4. The second-order valence-corrected chi connectivity index (χ2v) is 5.01. The van der Waals surface area contributed by atoms with E-state index in [2.05, 4.69) is 27.6 Å². The Kier molecular flexibility index (Phi) is 4.74. The third-order valence-electron chi connectivity index (χ3n) is 3.30. The molecule has 5 heteroatoms. The second-order valence-electron chi connectivity index (χ2n) is 5.01. The molecular weight excluding hydrogens is 240 g/mol. The van der Waals surface area contributed by atoms with E-state index in [9.17, 15) is 4.79 Å². The van der Waals surface area contributed by atoms with Crippen LogP contribution in [-0.4, -0.2) is 48.5 Å². The van der Waals surface area contributed by atoms with Gasteiger partial charge in [-0.25, -0.2) is 4.98 Å². The summed E-state index contributed by atoms with van der Waals surface area (Å²) in [6.07, 6.45) is 2.18. The zero-order valence-electron chi connectivity index (χ0n) is 11.6. The van der Waals surface area contributed by atoms with E-state index in [-0.39, 0.29) is 11.9 Å². The van der Waals surface area contributed by atoms with Crippen LogP contribution in [0.2, 0.25) is 0 Å². The maximum Gasteiger partial charge on any atom is 0.270 e. The number of nitrogens with one attached hydrogen (secondary N) is 2. The standard InChI is InChI=1S/C14H22N4O/c1-3-15-13-8-4-7-12(17-13)14(19)16-11-6-5-9-18(2)10-11/h4,7-8,11H,3,5-6,9-10H2,1-2H3,(H,15,17)(H,16,19). The molecule has 104 valence electrons. The largest absolute Gasteiger partial charge is 0.370 e. The van der Waals surface area contributed by atoms with Gasteiger partial charge in [-0.15, -0.1) is 0 Å². The first kappa shape index (κ1) is 13.8. The molecule has 2 N–H and O–H groups in total. The van der Waals surface area contributed by atoms with Crippen molar-refractivity contribution >= 4 is 11.7 Å². The Labute approximate surface area is 114 Å². The number of pyridine rings is 1. The Balaban J connectivity index is 1.97. The number of nitrogens with zero attached hydrogens (tertiary/aromatic N) is 2. The summed E-state index contributed by atoms with van der Waals surface area (Å²) in [5.41, 5.74) is 0.478. The summed E-state index contributed by atoms with van der Waals surface area (Å²) < 4.78 is 0. The van der Waals surface area contributed by atoms with E-state index in [1.54, 1.807) is 6.07 Å². The van der Waals surface area contributed by atoms with Crippen LogP contribution in [0.1, 0.15) is 30.3 Å². The molecule has 5 nitrogen and oxygen atoms in total. The second kappa shape index (κ2) is 6.52. The highest BCUT2D eigenvalue weighted by Gasteiger charge is 2.20. The predicted molar refractivity (Wildman–Crippen MR) is 76.4 cm³/mol. The smallest absolute Gasteiger partial charge is 0.270 e. The van der Waals surface area contributed by atoms with Crippen molar-refractivity contribution in [3.8, 4) is 0 Å². The molecular formula is C14H22N4O. The van der Waals surface area contributed by atoms with Gasteiger partial charge in [0.25, 0.3) is 5.91 Å². The number of carbonyl (C=O) groups is 1. The van der Waals surface area contributed by atoms with Gasteiger partial charge in [-0.05, 0) is 45.5 Å². The molecule has 1 unspecified atom stereocenters. The SMILES string of the molecule is CCNc1cccc(C(=O)NC2CCCN(C)C2)n1. The van der Waals surface area contributed by atoms with Gasteiger partial charge in [0.05, 0.1) is 0 Å². The summed E-state index contributed by atoms with van der Waals surface area (Å²) in [6.45, 7) is 4.83. The first-order chi connectivity index (χ1) is 9.19. The van der Waals surface area contributed by atoms with E-state index >= 15 is 0 Å². The summed E-state index contributed by atoms with van der Waals surface area (Å²) in [5.74, 6) is 0.663. The van der Waals surface area contributed by atoms with Crippen molar-refractivity contribution in [2.75, 3.05) is 32.0 Å². The molecule has 0 saturated carbocycles. The van der Waals surface area contributed by atoms with E-state index in [1.807, 2.05) is 19.1 Å². The van der Waals surface area contributed by atoms with E-state index in [0.29, 0.717) is 5.69 Å². The van der Waals surface area contributed by atoms with Crippen LogP contribution in [0.15, 0.2) is 18.2 Å². The fraction of sp³-hybridized carbons (Fsp3) is 0.571. The highest BCUT2D eigenvalue weighted by molar-refractivity contribution is 5.92. The lowest BCUT2D eigenvalue weighted by Gasteiger charge is -2.30.